The molecule has 1 heterocycles. The van der Waals surface area contributed by atoms with E-state index < -0.39 is 11.9 Å². The lowest BCUT2D eigenvalue weighted by Crippen LogP contribution is -2.31. The zero-order valence-corrected chi connectivity index (χ0v) is 15.1. The van der Waals surface area contributed by atoms with Crippen molar-refractivity contribution in [3.8, 4) is 11.5 Å². The Morgan fingerprint density at radius 1 is 1.19 bits per heavy atom. The average Bonchev–Trinajstić information content (AvgIpc) is 2.66. The number of fused-ring (bicyclic) bond motifs is 1. The Morgan fingerprint density at radius 3 is 2.69 bits per heavy atom. The quantitative estimate of drug-likeness (QED) is 0.569. The molecule has 0 saturated carbocycles. The zero-order valence-electron chi connectivity index (χ0n) is 14.4. The van der Waals surface area contributed by atoms with E-state index in [9.17, 15) is 9.59 Å². The van der Waals surface area contributed by atoms with Crippen LogP contribution in [-0.4, -0.2) is 31.6 Å². The van der Waals surface area contributed by atoms with Crippen molar-refractivity contribution in [2.45, 2.75) is 13.3 Å². The molecule has 0 amide bonds. The fraction of sp³-hybridized carbons (Fsp3) is 0.300. The second-order valence-electron chi connectivity index (χ2n) is 5.95. The average molecular weight is 375 g/mol. The summed E-state index contributed by atoms with van der Waals surface area (Å²) in [6, 6.07) is 12.1. The van der Waals surface area contributed by atoms with Gasteiger partial charge in [0.05, 0.1) is 12.5 Å². The Kier molecular flexibility index (Phi) is 5.78. The molecule has 0 unspecified atom stereocenters. The standard InChI is InChI=1S/C20H19ClO5/c1-2-24-17-6-3-13(4-7-17)18(22)12-26-20(23)15-9-14-10-16(21)5-8-19(14)25-11-15/h3-8,10,15H,2,9,11-12H2,1H3/t15-/m0/s1. The van der Waals surface area contributed by atoms with Gasteiger partial charge in [0.2, 0.25) is 0 Å². The molecule has 0 N–H and O–H groups in total. The number of benzene rings is 2. The summed E-state index contributed by atoms with van der Waals surface area (Å²) in [5, 5.41) is 0.590. The van der Waals surface area contributed by atoms with Crippen molar-refractivity contribution in [2.24, 2.45) is 5.92 Å². The Hall–Kier alpha value is -2.53. The van der Waals surface area contributed by atoms with E-state index in [2.05, 4.69) is 0 Å². The van der Waals surface area contributed by atoms with Crippen LogP contribution in [0.3, 0.4) is 0 Å². The fourth-order valence-corrected chi connectivity index (χ4v) is 2.95. The summed E-state index contributed by atoms with van der Waals surface area (Å²) in [6.45, 7) is 2.37. The van der Waals surface area contributed by atoms with Crippen LogP contribution in [-0.2, 0) is 16.0 Å². The molecule has 2 aromatic carbocycles. The minimum Gasteiger partial charge on any atom is -0.494 e. The van der Waals surface area contributed by atoms with E-state index in [1.807, 2.05) is 6.92 Å². The summed E-state index contributed by atoms with van der Waals surface area (Å²) in [7, 11) is 0. The van der Waals surface area contributed by atoms with E-state index in [1.54, 1.807) is 42.5 Å². The zero-order chi connectivity index (χ0) is 18.5. The smallest absolute Gasteiger partial charge is 0.313 e. The molecule has 0 spiro atoms. The van der Waals surface area contributed by atoms with E-state index in [-0.39, 0.29) is 19.0 Å². The van der Waals surface area contributed by atoms with Gasteiger partial charge < -0.3 is 14.2 Å². The number of esters is 1. The van der Waals surface area contributed by atoms with E-state index in [0.29, 0.717) is 29.4 Å². The van der Waals surface area contributed by atoms with Crippen LogP contribution in [0.2, 0.25) is 5.02 Å². The highest BCUT2D eigenvalue weighted by molar-refractivity contribution is 6.30. The van der Waals surface area contributed by atoms with Crippen LogP contribution >= 0.6 is 11.6 Å². The maximum absolute atomic E-state index is 12.3. The van der Waals surface area contributed by atoms with Crippen molar-refractivity contribution < 1.29 is 23.8 Å². The van der Waals surface area contributed by atoms with Gasteiger partial charge in [-0.15, -0.1) is 0 Å². The van der Waals surface area contributed by atoms with Gasteiger partial charge in [0.25, 0.3) is 0 Å². The van der Waals surface area contributed by atoms with Crippen LogP contribution < -0.4 is 9.47 Å². The van der Waals surface area contributed by atoms with Gasteiger partial charge in [-0.05, 0) is 61.4 Å². The van der Waals surface area contributed by atoms with E-state index in [4.69, 9.17) is 25.8 Å². The molecule has 5 nitrogen and oxygen atoms in total. The number of hydrogen-bond donors (Lipinski definition) is 0. The van der Waals surface area contributed by atoms with E-state index in [1.165, 1.54) is 0 Å². The third-order valence-corrected chi connectivity index (χ3v) is 4.33. The van der Waals surface area contributed by atoms with Crippen molar-refractivity contribution >= 4 is 23.4 Å². The number of ether oxygens (including phenoxy) is 3. The molecule has 136 valence electrons. The minimum atomic E-state index is -0.450. The van der Waals surface area contributed by atoms with Gasteiger partial charge in [-0.3, -0.25) is 9.59 Å². The highest BCUT2D eigenvalue weighted by Gasteiger charge is 2.28. The number of ketones is 1. The van der Waals surface area contributed by atoms with Gasteiger partial charge in [-0.2, -0.15) is 0 Å². The Labute approximate surface area is 156 Å². The van der Waals surface area contributed by atoms with Gasteiger partial charge in [0.15, 0.2) is 12.4 Å². The van der Waals surface area contributed by atoms with Crippen LogP contribution in [0, 0.1) is 5.92 Å². The SMILES string of the molecule is CCOc1ccc(C(=O)COC(=O)[C@@H]2COc3ccc(Cl)cc3C2)cc1. The summed E-state index contributed by atoms with van der Waals surface area (Å²) < 4.78 is 16.1. The van der Waals surface area contributed by atoms with Gasteiger partial charge in [-0.1, -0.05) is 11.6 Å². The third kappa shape index (κ3) is 4.35. The highest BCUT2D eigenvalue weighted by atomic mass is 35.5. The largest absolute Gasteiger partial charge is 0.494 e. The second-order valence-corrected chi connectivity index (χ2v) is 6.39. The van der Waals surface area contributed by atoms with Gasteiger partial charge in [0, 0.05) is 10.6 Å². The fourth-order valence-electron chi connectivity index (χ4n) is 2.76. The van der Waals surface area contributed by atoms with Crippen LogP contribution in [0.5, 0.6) is 11.5 Å². The first-order valence-corrected chi connectivity index (χ1v) is 8.78. The number of halogens is 1. The molecule has 1 aliphatic rings. The predicted octanol–water partition coefficient (Wildman–Crippen LogP) is 3.72. The molecule has 0 bridgehead atoms. The molecule has 0 aliphatic carbocycles. The van der Waals surface area contributed by atoms with Gasteiger partial charge in [-0.25, -0.2) is 0 Å². The number of rotatable bonds is 6. The number of carbonyl (C=O) groups excluding carboxylic acids is 2. The van der Waals surface area contributed by atoms with Gasteiger partial charge in [0.1, 0.15) is 18.1 Å². The monoisotopic (exact) mass is 374 g/mol. The summed E-state index contributed by atoms with van der Waals surface area (Å²) in [4.78, 5) is 24.4. The first-order chi connectivity index (χ1) is 12.6. The van der Waals surface area contributed by atoms with Crippen molar-refractivity contribution in [3.05, 3.63) is 58.6 Å². The number of hydrogen-bond acceptors (Lipinski definition) is 5. The summed E-state index contributed by atoms with van der Waals surface area (Å²) in [5.74, 6) is 0.257. The predicted molar refractivity (Wildman–Crippen MR) is 97.0 cm³/mol. The molecule has 0 radical (unpaired) electrons. The Balaban J connectivity index is 1.54. The summed E-state index contributed by atoms with van der Waals surface area (Å²) in [6.07, 6.45) is 0.478. The maximum atomic E-state index is 12.3. The normalized spacial score (nSPS) is 15.5. The van der Waals surface area contributed by atoms with Crippen molar-refractivity contribution in [1.82, 2.24) is 0 Å². The molecule has 0 fully saturated rings. The summed E-state index contributed by atoms with van der Waals surface area (Å²) >= 11 is 5.98. The molecular weight excluding hydrogens is 356 g/mol. The first kappa shape index (κ1) is 18.3. The molecule has 2 aromatic rings. The first-order valence-electron chi connectivity index (χ1n) is 8.40. The second kappa shape index (κ2) is 8.23. The lowest BCUT2D eigenvalue weighted by molar-refractivity contribution is -0.148. The molecule has 6 heteroatoms. The molecule has 1 atom stereocenters. The van der Waals surface area contributed by atoms with E-state index in [0.717, 1.165) is 11.3 Å². The number of carbonyl (C=O) groups is 2. The van der Waals surface area contributed by atoms with Gasteiger partial charge >= 0.3 is 5.97 Å². The van der Waals surface area contributed by atoms with Crippen molar-refractivity contribution in [3.63, 3.8) is 0 Å². The summed E-state index contributed by atoms with van der Waals surface area (Å²) in [5.41, 5.74) is 1.34. The minimum absolute atomic E-state index is 0.227. The maximum Gasteiger partial charge on any atom is 0.313 e. The highest BCUT2D eigenvalue weighted by Crippen LogP contribution is 2.30. The van der Waals surface area contributed by atoms with Crippen LogP contribution in [0.4, 0.5) is 0 Å². The lowest BCUT2D eigenvalue weighted by atomic mass is 9.97. The molecule has 26 heavy (non-hydrogen) atoms. The molecule has 1 aliphatic heterocycles. The van der Waals surface area contributed by atoms with Crippen LogP contribution in [0.1, 0.15) is 22.8 Å². The van der Waals surface area contributed by atoms with Crippen LogP contribution in [0.15, 0.2) is 42.5 Å². The topological polar surface area (TPSA) is 61.8 Å². The molecular formula is C20H19ClO5. The molecule has 0 aromatic heterocycles. The molecule has 3 rings (SSSR count). The molecule has 0 saturated heterocycles. The lowest BCUT2D eigenvalue weighted by Gasteiger charge is -2.24. The van der Waals surface area contributed by atoms with Crippen molar-refractivity contribution in [2.75, 3.05) is 19.8 Å². The Morgan fingerprint density at radius 2 is 1.96 bits per heavy atom. The Bertz CT molecular complexity index is 800. The van der Waals surface area contributed by atoms with E-state index >= 15 is 0 Å². The third-order valence-electron chi connectivity index (χ3n) is 4.10. The number of Topliss-reactive ketones (excluding diaryl/α,β-unsaturated/α-hetero) is 1. The van der Waals surface area contributed by atoms with Crippen LogP contribution in [0.25, 0.3) is 0 Å². The van der Waals surface area contributed by atoms with Crippen molar-refractivity contribution in [1.29, 1.82) is 0 Å².